The number of alkyl halides is 6. The normalized spacial score (nSPS) is 18.0. The number of anilines is 1. The Morgan fingerprint density at radius 3 is 2.28 bits per heavy atom. The molecule has 0 spiro atoms. The smallest absolute Gasteiger partial charge is 0.406 e. The molecular formula is C28H23ClF6N6O4S2. The fourth-order valence-corrected chi connectivity index (χ4v) is 7.74. The molecule has 0 unspecified atom stereocenters. The quantitative estimate of drug-likeness (QED) is 0.181. The number of fused-ring (bicyclic) bond motifs is 1. The van der Waals surface area contributed by atoms with Crippen LogP contribution in [0.1, 0.15) is 35.7 Å². The highest BCUT2D eigenvalue weighted by Gasteiger charge is 2.42. The monoisotopic (exact) mass is 720 g/mol. The lowest BCUT2D eigenvalue weighted by molar-refractivity contribution is -0.274. The Labute approximate surface area is 272 Å². The number of hydrogen-bond donors (Lipinski definition) is 1. The van der Waals surface area contributed by atoms with Crippen LogP contribution in [0.3, 0.4) is 0 Å². The van der Waals surface area contributed by atoms with E-state index in [0.717, 1.165) is 41.4 Å². The average molecular weight is 721 g/mol. The van der Waals surface area contributed by atoms with Crippen LogP contribution in [0.25, 0.3) is 10.3 Å². The highest BCUT2D eigenvalue weighted by atomic mass is 35.5. The highest BCUT2D eigenvalue weighted by molar-refractivity contribution is 7.89. The molecule has 1 aliphatic carbocycles. The van der Waals surface area contributed by atoms with Crippen molar-refractivity contribution in [1.29, 1.82) is 0 Å². The van der Waals surface area contributed by atoms with Crippen molar-refractivity contribution in [2.45, 2.75) is 48.8 Å². The second-order valence-corrected chi connectivity index (χ2v) is 14.0. The molecule has 0 bridgehead atoms. The van der Waals surface area contributed by atoms with Crippen molar-refractivity contribution in [3.05, 3.63) is 70.6 Å². The molecule has 250 valence electrons. The van der Waals surface area contributed by atoms with Gasteiger partial charge in [0, 0.05) is 32.1 Å². The average Bonchev–Trinajstić information content (AvgIpc) is 3.77. The van der Waals surface area contributed by atoms with Crippen LogP contribution in [-0.2, 0) is 27.5 Å². The van der Waals surface area contributed by atoms with Crippen LogP contribution >= 0.6 is 22.9 Å². The maximum atomic E-state index is 13.7. The van der Waals surface area contributed by atoms with Gasteiger partial charge in [-0.3, -0.25) is 4.79 Å². The van der Waals surface area contributed by atoms with Gasteiger partial charge in [-0.15, -0.1) is 13.2 Å². The number of piperazine rings is 1. The van der Waals surface area contributed by atoms with Crippen molar-refractivity contribution in [3.63, 3.8) is 0 Å². The number of halogens is 7. The number of carbonyl (C=O) groups is 1. The molecule has 1 atom stereocenters. The summed E-state index contributed by atoms with van der Waals surface area (Å²) in [5, 5.41) is 3.25. The summed E-state index contributed by atoms with van der Waals surface area (Å²) in [4.78, 5) is 28.3. The van der Waals surface area contributed by atoms with Crippen molar-refractivity contribution in [2.75, 3.05) is 24.5 Å². The highest BCUT2D eigenvalue weighted by Crippen LogP contribution is 2.41. The molecule has 2 aliphatic rings. The molecule has 1 saturated heterocycles. The van der Waals surface area contributed by atoms with Gasteiger partial charge < -0.3 is 15.0 Å². The lowest BCUT2D eigenvalue weighted by Gasteiger charge is -2.39. The minimum absolute atomic E-state index is 0.0741. The van der Waals surface area contributed by atoms with Crippen LogP contribution in [-0.4, -0.2) is 65.6 Å². The topological polar surface area (TPSA) is 118 Å². The van der Waals surface area contributed by atoms with E-state index < -0.39 is 50.7 Å². The van der Waals surface area contributed by atoms with Gasteiger partial charge in [-0.25, -0.2) is 18.4 Å². The fraction of sp³-hybridized carbons (Fsp3) is 0.357. The van der Waals surface area contributed by atoms with Crippen molar-refractivity contribution in [1.82, 2.24) is 24.6 Å². The minimum Gasteiger partial charge on any atom is -0.406 e. The Balaban J connectivity index is 1.26. The van der Waals surface area contributed by atoms with E-state index in [0.29, 0.717) is 39.0 Å². The van der Waals surface area contributed by atoms with E-state index in [2.05, 4.69) is 25.0 Å². The van der Waals surface area contributed by atoms with Crippen LogP contribution in [0.15, 0.2) is 53.4 Å². The van der Waals surface area contributed by atoms with Crippen LogP contribution < -0.4 is 15.0 Å². The summed E-state index contributed by atoms with van der Waals surface area (Å²) in [5.74, 6) is -0.422. The number of sulfonamides is 1. The summed E-state index contributed by atoms with van der Waals surface area (Å²) < 4.78 is 110. The van der Waals surface area contributed by atoms with Gasteiger partial charge >= 0.3 is 12.5 Å². The third-order valence-corrected chi connectivity index (χ3v) is 10.9. The summed E-state index contributed by atoms with van der Waals surface area (Å²) in [6.45, 7) is -0.519. The maximum Gasteiger partial charge on any atom is 0.573 e. The molecular weight excluding hydrogens is 698 g/mol. The van der Waals surface area contributed by atoms with Gasteiger partial charge in [-0.05, 0) is 54.8 Å². The molecule has 19 heteroatoms. The Morgan fingerprint density at radius 2 is 1.66 bits per heavy atom. The zero-order valence-electron chi connectivity index (χ0n) is 23.8. The van der Waals surface area contributed by atoms with Crippen LogP contribution in [0, 0.1) is 0 Å². The van der Waals surface area contributed by atoms with E-state index in [1.54, 1.807) is 4.90 Å². The third kappa shape index (κ3) is 7.39. The Hall–Kier alpha value is -3.74. The third-order valence-electron chi connectivity index (χ3n) is 7.48. The lowest BCUT2D eigenvalue weighted by Crippen LogP contribution is -2.60. The first-order valence-corrected chi connectivity index (χ1v) is 16.6. The molecule has 47 heavy (non-hydrogen) atoms. The van der Waals surface area contributed by atoms with Crippen LogP contribution in [0.4, 0.5) is 31.5 Å². The second-order valence-electron chi connectivity index (χ2n) is 10.8. The number of rotatable bonds is 8. The lowest BCUT2D eigenvalue weighted by atomic mass is 10.1. The maximum absolute atomic E-state index is 13.7. The van der Waals surface area contributed by atoms with E-state index in [1.807, 2.05) is 0 Å². The van der Waals surface area contributed by atoms with Gasteiger partial charge in [-0.1, -0.05) is 35.1 Å². The molecule has 1 N–H and O–H groups in total. The van der Waals surface area contributed by atoms with E-state index in [1.165, 1.54) is 23.5 Å². The summed E-state index contributed by atoms with van der Waals surface area (Å²) in [5.41, 5.74) is -0.279. The second kappa shape index (κ2) is 12.4. The summed E-state index contributed by atoms with van der Waals surface area (Å²) in [7, 11) is -4.47. The molecule has 1 amide bonds. The standard InChI is InChI=1S/C28H23ClF6N6O4S2/c29-22-21-24(38-23(37-22)16-3-4-16)39-26(46-21)40-11-12-41(47(43,44)19-9-5-17(6-10-19)27(30,31)32)20(14-40)25(42)36-13-15-1-7-18(8-2-15)45-28(33,34)35/h1-2,5-10,16,20H,3-4,11-14H2,(H,36,42)/t20-/m1/s1. The molecule has 2 aromatic carbocycles. The van der Waals surface area contributed by atoms with Crippen molar-refractivity contribution in [3.8, 4) is 5.75 Å². The van der Waals surface area contributed by atoms with Crippen LogP contribution in [0.5, 0.6) is 5.75 Å². The molecule has 2 fully saturated rings. The SMILES string of the molecule is O=C(NCc1ccc(OC(F)(F)F)cc1)[C@H]1CN(c2nc3nc(C4CC4)nc(Cl)c3s2)CCN1S(=O)(=O)c1ccc(C(F)(F)F)cc1. The van der Waals surface area contributed by atoms with Crippen molar-refractivity contribution < 1.29 is 44.3 Å². The first-order valence-electron chi connectivity index (χ1n) is 14.0. The number of amides is 1. The van der Waals surface area contributed by atoms with Gasteiger partial charge in [0.2, 0.25) is 15.9 Å². The van der Waals surface area contributed by atoms with E-state index in [-0.39, 0.29) is 37.3 Å². The first kappa shape index (κ1) is 33.2. The largest absolute Gasteiger partial charge is 0.573 e. The zero-order chi connectivity index (χ0) is 33.7. The van der Waals surface area contributed by atoms with E-state index in [9.17, 15) is 39.6 Å². The van der Waals surface area contributed by atoms with Gasteiger partial charge in [0.15, 0.2) is 15.9 Å². The number of aromatic nitrogens is 3. The van der Waals surface area contributed by atoms with Crippen molar-refractivity contribution >= 4 is 54.3 Å². The molecule has 1 aliphatic heterocycles. The minimum atomic E-state index is -4.88. The molecule has 6 rings (SSSR count). The number of nitrogens with zero attached hydrogens (tertiary/aromatic N) is 5. The number of nitrogens with one attached hydrogen (secondary N) is 1. The summed E-state index contributed by atoms with van der Waals surface area (Å²) >= 11 is 7.58. The number of hydrogen-bond acceptors (Lipinski definition) is 9. The number of ether oxygens (including phenoxy) is 1. The Bertz CT molecular complexity index is 1900. The molecule has 1 saturated carbocycles. The van der Waals surface area contributed by atoms with E-state index in [4.69, 9.17) is 11.6 Å². The van der Waals surface area contributed by atoms with Gasteiger partial charge in [0.1, 0.15) is 22.3 Å². The molecule has 0 radical (unpaired) electrons. The van der Waals surface area contributed by atoms with Gasteiger partial charge in [0.25, 0.3) is 0 Å². The zero-order valence-corrected chi connectivity index (χ0v) is 26.2. The van der Waals surface area contributed by atoms with Crippen LogP contribution in [0.2, 0.25) is 5.15 Å². The Morgan fingerprint density at radius 1 is 0.979 bits per heavy atom. The molecule has 3 heterocycles. The first-order chi connectivity index (χ1) is 22.1. The number of thiazole rings is 1. The number of carbonyl (C=O) groups excluding carboxylic acids is 1. The summed E-state index contributed by atoms with van der Waals surface area (Å²) in [6.07, 6.45) is -7.68. The predicted octanol–water partition coefficient (Wildman–Crippen LogP) is 5.73. The number of benzene rings is 2. The fourth-order valence-electron chi connectivity index (χ4n) is 4.96. The molecule has 10 nitrogen and oxygen atoms in total. The predicted molar refractivity (Wildman–Crippen MR) is 159 cm³/mol. The Kier molecular flexibility index (Phi) is 8.73. The molecule has 2 aromatic heterocycles. The summed E-state index contributed by atoms with van der Waals surface area (Å²) in [6, 6.07) is 6.30. The van der Waals surface area contributed by atoms with E-state index >= 15 is 0 Å². The van der Waals surface area contributed by atoms with Gasteiger partial charge in [-0.2, -0.15) is 22.5 Å². The molecule has 4 aromatic rings. The van der Waals surface area contributed by atoms with Gasteiger partial charge in [0.05, 0.1) is 10.5 Å². The van der Waals surface area contributed by atoms with Crippen molar-refractivity contribution in [2.24, 2.45) is 0 Å².